The van der Waals surface area contributed by atoms with Gasteiger partial charge in [-0.05, 0) is 45.3 Å². The van der Waals surface area contributed by atoms with E-state index in [2.05, 4.69) is 15.9 Å². The lowest BCUT2D eigenvalue weighted by Crippen LogP contribution is -2.06. The van der Waals surface area contributed by atoms with Crippen molar-refractivity contribution in [3.63, 3.8) is 0 Å². The molecule has 0 unspecified atom stereocenters. The van der Waals surface area contributed by atoms with Crippen LogP contribution in [0.3, 0.4) is 0 Å². The number of hydrogen-bond acceptors (Lipinski definition) is 6. The van der Waals surface area contributed by atoms with Crippen LogP contribution < -0.4 is 24.4 Å². The molecule has 0 bridgehead atoms. The lowest BCUT2D eigenvalue weighted by atomic mass is 10.1. The topological polar surface area (TPSA) is 67.1 Å². The predicted molar refractivity (Wildman–Crippen MR) is 143 cm³/mol. The van der Waals surface area contributed by atoms with Crippen LogP contribution in [0.1, 0.15) is 11.1 Å². The van der Waals surface area contributed by atoms with Gasteiger partial charge in [-0.15, -0.1) is 0 Å². The minimum atomic E-state index is -0.229. The van der Waals surface area contributed by atoms with Crippen molar-refractivity contribution in [3.05, 3.63) is 117 Å². The Bertz CT molecular complexity index is 1630. The highest BCUT2D eigenvalue weighted by Crippen LogP contribution is 2.41. The summed E-state index contributed by atoms with van der Waals surface area (Å²) in [5.74, 6) is 2.54. The van der Waals surface area contributed by atoms with Gasteiger partial charge in [-0.3, -0.25) is 4.79 Å². The number of hydrogen-bond donors (Lipinski definition) is 0. The molecule has 0 saturated heterocycles. The van der Waals surface area contributed by atoms with Gasteiger partial charge in [0.05, 0.1) is 0 Å². The average molecular weight is 557 g/mol. The van der Waals surface area contributed by atoms with Crippen molar-refractivity contribution in [2.45, 2.75) is 13.2 Å². The van der Waals surface area contributed by atoms with Gasteiger partial charge in [0.15, 0.2) is 22.5 Å². The maximum absolute atomic E-state index is 13.4. The highest BCUT2D eigenvalue weighted by atomic mass is 79.9. The third kappa shape index (κ3) is 4.78. The van der Waals surface area contributed by atoms with Gasteiger partial charge in [-0.1, -0.05) is 60.7 Å². The first-order valence-electron chi connectivity index (χ1n) is 11.7. The second kappa shape index (κ2) is 10.0. The highest BCUT2D eigenvalue weighted by molar-refractivity contribution is 9.10. The summed E-state index contributed by atoms with van der Waals surface area (Å²) in [7, 11) is 0. The zero-order valence-corrected chi connectivity index (χ0v) is 21.2. The van der Waals surface area contributed by atoms with Gasteiger partial charge in [0.2, 0.25) is 6.79 Å². The van der Waals surface area contributed by atoms with Gasteiger partial charge < -0.3 is 23.4 Å². The molecule has 6 rings (SSSR count). The monoisotopic (exact) mass is 556 g/mol. The first kappa shape index (κ1) is 23.2. The molecule has 2 heterocycles. The standard InChI is InChI=1S/C30H21BrO6/c31-29-27(34-17-20-9-5-2-6-10-20)15-26(33-16-19-7-3-1-4-8-19)28-22(32)14-24(37-30(28)29)21-11-12-23-25(13-21)36-18-35-23/h1-15H,16-18H2. The summed E-state index contributed by atoms with van der Waals surface area (Å²) >= 11 is 3.62. The van der Waals surface area contributed by atoms with Gasteiger partial charge in [0, 0.05) is 17.7 Å². The van der Waals surface area contributed by atoms with E-state index in [9.17, 15) is 4.79 Å². The molecular formula is C30H21BrO6. The van der Waals surface area contributed by atoms with E-state index in [0.717, 1.165) is 11.1 Å². The molecule has 7 heteroatoms. The normalized spacial score (nSPS) is 12.0. The summed E-state index contributed by atoms with van der Waals surface area (Å²) in [6.45, 7) is 0.796. The van der Waals surface area contributed by atoms with Gasteiger partial charge in [0.1, 0.15) is 40.3 Å². The van der Waals surface area contributed by atoms with Gasteiger partial charge in [0.25, 0.3) is 0 Å². The van der Waals surface area contributed by atoms with E-state index in [1.54, 1.807) is 18.2 Å². The van der Waals surface area contributed by atoms with Crippen LogP contribution in [0.4, 0.5) is 0 Å². The van der Waals surface area contributed by atoms with Crippen molar-refractivity contribution in [2.24, 2.45) is 0 Å². The molecule has 1 aliphatic rings. The van der Waals surface area contributed by atoms with Crippen LogP contribution in [-0.2, 0) is 13.2 Å². The summed E-state index contributed by atoms with van der Waals surface area (Å²) in [5, 5.41) is 0.333. The predicted octanol–water partition coefficient (Wildman–Crippen LogP) is 7.11. The van der Waals surface area contributed by atoms with Crippen molar-refractivity contribution < 1.29 is 23.4 Å². The summed E-state index contributed by atoms with van der Waals surface area (Å²) in [5.41, 5.74) is 2.79. The third-order valence-corrected chi connectivity index (χ3v) is 6.75. The van der Waals surface area contributed by atoms with Gasteiger partial charge >= 0.3 is 0 Å². The molecule has 1 aliphatic heterocycles. The molecule has 0 N–H and O–H groups in total. The zero-order chi connectivity index (χ0) is 25.2. The molecule has 37 heavy (non-hydrogen) atoms. The van der Waals surface area contributed by atoms with Crippen LogP contribution in [0.2, 0.25) is 0 Å². The number of rotatable bonds is 7. The quantitative estimate of drug-likeness (QED) is 0.213. The minimum absolute atomic E-state index is 0.163. The first-order chi connectivity index (χ1) is 18.2. The molecule has 0 saturated carbocycles. The van der Waals surface area contributed by atoms with Crippen molar-refractivity contribution in [1.29, 1.82) is 0 Å². The second-order valence-electron chi connectivity index (χ2n) is 8.48. The van der Waals surface area contributed by atoms with Gasteiger partial charge in [-0.25, -0.2) is 0 Å². The molecule has 0 spiro atoms. The summed E-state index contributed by atoms with van der Waals surface area (Å²) in [6, 6.07) is 28.2. The van der Waals surface area contributed by atoms with E-state index < -0.39 is 0 Å². The Morgan fingerprint density at radius 3 is 2.08 bits per heavy atom. The highest BCUT2D eigenvalue weighted by Gasteiger charge is 2.21. The summed E-state index contributed by atoms with van der Waals surface area (Å²) in [4.78, 5) is 13.4. The van der Waals surface area contributed by atoms with E-state index in [0.29, 0.717) is 63.0 Å². The fraction of sp³-hybridized carbons (Fsp3) is 0.100. The maximum atomic E-state index is 13.4. The molecule has 0 amide bonds. The zero-order valence-electron chi connectivity index (χ0n) is 19.6. The molecule has 0 fully saturated rings. The average Bonchev–Trinajstić information content (AvgIpc) is 3.41. The Balaban J connectivity index is 1.44. The molecule has 1 aromatic heterocycles. The van der Waals surface area contributed by atoms with Crippen molar-refractivity contribution in [2.75, 3.05) is 6.79 Å². The number of fused-ring (bicyclic) bond motifs is 2. The van der Waals surface area contributed by atoms with E-state index in [1.165, 1.54) is 6.07 Å². The van der Waals surface area contributed by atoms with Crippen LogP contribution in [-0.4, -0.2) is 6.79 Å². The van der Waals surface area contributed by atoms with Crippen molar-refractivity contribution in [1.82, 2.24) is 0 Å². The van der Waals surface area contributed by atoms with E-state index in [4.69, 9.17) is 23.4 Å². The molecular weight excluding hydrogens is 536 g/mol. The van der Waals surface area contributed by atoms with Crippen LogP contribution in [0, 0.1) is 0 Å². The molecule has 0 radical (unpaired) electrons. The van der Waals surface area contributed by atoms with E-state index >= 15 is 0 Å². The Morgan fingerprint density at radius 2 is 1.38 bits per heavy atom. The second-order valence-corrected chi connectivity index (χ2v) is 9.28. The summed E-state index contributed by atoms with van der Waals surface area (Å²) in [6.07, 6.45) is 0. The van der Waals surface area contributed by atoms with E-state index in [-0.39, 0.29) is 12.2 Å². The van der Waals surface area contributed by atoms with Gasteiger partial charge in [-0.2, -0.15) is 0 Å². The van der Waals surface area contributed by atoms with Crippen molar-refractivity contribution in [3.8, 4) is 34.3 Å². The summed E-state index contributed by atoms with van der Waals surface area (Å²) < 4.78 is 30.0. The van der Waals surface area contributed by atoms with Crippen LogP contribution in [0.5, 0.6) is 23.0 Å². The minimum Gasteiger partial charge on any atom is -0.488 e. The van der Waals surface area contributed by atoms with Crippen LogP contribution >= 0.6 is 15.9 Å². The molecule has 5 aromatic rings. The Labute approximate surface area is 221 Å². The number of benzene rings is 4. The smallest absolute Gasteiger partial charge is 0.231 e. The van der Waals surface area contributed by atoms with Crippen molar-refractivity contribution >= 4 is 26.9 Å². The lowest BCUT2D eigenvalue weighted by molar-refractivity contribution is 0.174. The van der Waals surface area contributed by atoms with E-state index in [1.807, 2.05) is 66.7 Å². The first-order valence-corrected chi connectivity index (χ1v) is 12.5. The lowest BCUT2D eigenvalue weighted by Gasteiger charge is -2.15. The SMILES string of the molecule is O=c1cc(-c2ccc3c(c2)OCO3)oc2c(Br)c(OCc3ccccc3)cc(OCc3ccccc3)c12. The largest absolute Gasteiger partial charge is 0.488 e. The third-order valence-electron chi connectivity index (χ3n) is 6.00. The van der Waals surface area contributed by atoms with Crippen LogP contribution in [0.15, 0.2) is 105 Å². The molecule has 0 aliphatic carbocycles. The molecule has 184 valence electrons. The van der Waals surface area contributed by atoms with Crippen LogP contribution in [0.25, 0.3) is 22.3 Å². The molecule has 0 atom stereocenters. The fourth-order valence-corrected chi connectivity index (χ4v) is 4.64. The fourth-order valence-electron chi connectivity index (χ4n) is 4.13. The Kier molecular flexibility index (Phi) is 6.28. The number of ether oxygens (including phenoxy) is 4. The molecule has 4 aromatic carbocycles. The maximum Gasteiger partial charge on any atom is 0.231 e. The Hall–Kier alpha value is -4.23. The Morgan fingerprint density at radius 1 is 0.730 bits per heavy atom. The molecule has 6 nitrogen and oxygen atoms in total. The number of halogens is 1.